The number of non-ortho nitro benzene ring substituents is 1. The fraction of sp³-hybridized carbons (Fsp3) is 0.118. The van der Waals surface area contributed by atoms with Crippen molar-refractivity contribution in [3.8, 4) is 0 Å². The maximum atomic E-state index is 13.7. The van der Waals surface area contributed by atoms with Crippen LogP contribution in [0.1, 0.15) is 5.69 Å². The van der Waals surface area contributed by atoms with Crippen LogP contribution in [0.4, 0.5) is 15.8 Å². The fourth-order valence-electron chi connectivity index (χ4n) is 2.25. The molecule has 0 spiro atoms. The second-order valence-electron chi connectivity index (χ2n) is 5.36. The summed E-state index contributed by atoms with van der Waals surface area (Å²) in [5.41, 5.74) is 1.63. The lowest BCUT2D eigenvalue weighted by Gasteiger charge is -2.08. The highest BCUT2D eigenvalue weighted by Gasteiger charge is 2.14. The molecule has 0 aliphatic heterocycles. The van der Waals surface area contributed by atoms with Crippen LogP contribution < -0.4 is 5.32 Å². The van der Waals surface area contributed by atoms with Gasteiger partial charge in [0.15, 0.2) is 0 Å². The number of carbonyl (C=O) groups excluding carboxylic acids is 1. The van der Waals surface area contributed by atoms with Crippen molar-refractivity contribution >= 4 is 40.1 Å². The van der Waals surface area contributed by atoms with Gasteiger partial charge in [-0.3, -0.25) is 14.9 Å². The summed E-state index contributed by atoms with van der Waals surface area (Å²) in [4.78, 5) is 31.1. The van der Waals surface area contributed by atoms with Crippen molar-refractivity contribution in [1.82, 2.24) is 9.97 Å². The number of para-hydroxylation sites is 2. The molecule has 0 aliphatic carbocycles. The summed E-state index contributed by atoms with van der Waals surface area (Å²) in [5, 5.41) is 13.7. The Morgan fingerprint density at radius 1 is 1.23 bits per heavy atom. The van der Waals surface area contributed by atoms with E-state index in [1.165, 1.54) is 0 Å². The van der Waals surface area contributed by atoms with E-state index in [1.54, 1.807) is 6.92 Å². The zero-order valence-corrected chi connectivity index (χ0v) is 14.4. The molecule has 1 N–H and O–H groups in total. The van der Waals surface area contributed by atoms with E-state index in [2.05, 4.69) is 15.3 Å². The number of nitro groups is 1. The molecule has 1 heterocycles. The first-order chi connectivity index (χ1) is 12.4. The van der Waals surface area contributed by atoms with Crippen molar-refractivity contribution in [1.29, 1.82) is 0 Å². The second-order valence-corrected chi connectivity index (χ2v) is 6.33. The lowest BCUT2D eigenvalue weighted by Crippen LogP contribution is -2.15. The summed E-state index contributed by atoms with van der Waals surface area (Å²) in [6, 6.07) is 10.3. The van der Waals surface area contributed by atoms with E-state index >= 15 is 0 Å². The molecule has 1 aromatic heterocycles. The number of aryl methyl sites for hydroxylation is 1. The molecule has 9 heteroatoms. The monoisotopic (exact) mass is 372 g/mol. The number of hydrogen-bond acceptors (Lipinski definition) is 6. The van der Waals surface area contributed by atoms with Crippen LogP contribution in [0, 0.1) is 22.9 Å². The van der Waals surface area contributed by atoms with E-state index in [0.29, 0.717) is 16.2 Å². The molecule has 2 aromatic carbocycles. The Morgan fingerprint density at radius 2 is 1.92 bits per heavy atom. The van der Waals surface area contributed by atoms with E-state index in [0.717, 1.165) is 35.5 Å². The van der Waals surface area contributed by atoms with Gasteiger partial charge >= 0.3 is 0 Å². The quantitative estimate of drug-likeness (QED) is 0.416. The topological polar surface area (TPSA) is 98.0 Å². The average Bonchev–Trinajstić information content (AvgIpc) is 2.61. The van der Waals surface area contributed by atoms with Crippen molar-refractivity contribution in [3.63, 3.8) is 0 Å². The lowest BCUT2D eigenvalue weighted by molar-refractivity contribution is -0.384. The average molecular weight is 372 g/mol. The van der Waals surface area contributed by atoms with Crippen LogP contribution in [0.15, 0.2) is 47.5 Å². The number of carbonyl (C=O) groups is 1. The van der Waals surface area contributed by atoms with Gasteiger partial charge in [-0.25, -0.2) is 14.4 Å². The summed E-state index contributed by atoms with van der Waals surface area (Å²) in [6.07, 6.45) is 0. The van der Waals surface area contributed by atoms with E-state index in [-0.39, 0.29) is 17.1 Å². The van der Waals surface area contributed by atoms with E-state index in [1.807, 2.05) is 24.3 Å². The molecule has 132 valence electrons. The van der Waals surface area contributed by atoms with E-state index in [9.17, 15) is 19.3 Å². The number of fused-ring (bicyclic) bond motifs is 1. The SMILES string of the molecule is Cc1nc2ccccc2nc1SCC(=O)Nc1cc([N+](=O)[O-])ccc1F. The third-order valence-electron chi connectivity index (χ3n) is 3.48. The molecule has 7 nitrogen and oxygen atoms in total. The Labute approximate surface area is 151 Å². The Hall–Kier alpha value is -3.07. The van der Waals surface area contributed by atoms with Crippen LogP contribution in [-0.2, 0) is 4.79 Å². The number of nitrogens with zero attached hydrogens (tertiary/aromatic N) is 3. The highest BCUT2D eigenvalue weighted by Crippen LogP contribution is 2.24. The number of thioether (sulfide) groups is 1. The van der Waals surface area contributed by atoms with Gasteiger partial charge in [0, 0.05) is 12.1 Å². The molecule has 0 saturated carbocycles. The normalized spacial score (nSPS) is 10.7. The van der Waals surface area contributed by atoms with Gasteiger partial charge in [-0.2, -0.15) is 0 Å². The number of hydrogen-bond donors (Lipinski definition) is 1. The third-order valence-corrected chi connectivity index (χ3v) is 4.54. The largest absolute Gasteiger partial charge is 0.323 e. The predicted octanol–water partition coefficient (Wildman–Crippen LogP) is 3.72. The van der Waals surface area contributed by atoms with Crippen LogP contribution in [0.25, 0.3) is 11.0 Å². The molecule has 3 aromatic rings. The molecule has 0 fully saturated rings. The summed E-state index contributed by atoms with van der Waals surface area (Å²) >= 11 is 1.16. The molecule has 0 bridgehead atoms. The minimum atomic E-state index is -0.740. The summed E-state index contributed by atoms with van der Waals surface area (Å²) in [6.45, 7) is 1.79. The number of rotatable bonds is 5. The zero-order valence-electron chi connectivity index (χ0n) is 13.6. The van der Waals surface area contributed by atoms with Gasteiger partial charge in [0.25, 0.3) is 5.69 Å². The number of aromatic nitrogens is 2. The summed E-state index contributed by atoms with van der Waals surface area (Å²) < 4.78 is 13.7. The van der Waals surface area contributed by atoms with Crippen LogP contribution >= 0.6 is 11.8 Å². The molecule has 3 rings (SSSR count). The molecule has 0 saturated heterocycles. The third kappa shape index (κ3) is 3.94. The second kappa shape index (κ2) is 7.44. The van der Waals surface area contributed by atoms with Crippen molar-refractivity contribution in [2.75, 3.05) is 11.1 Å². The number of anilines is 1. The van der Waals surface area contributed by atoms with E-state index < -0.39 is 16.6 Å². The molecular weight excluding hydrogens is 359 g/mol. The van der Waals surface area contributed by atoms with Gasteiger partial charge in [-0.1, -0.05) is 23.9 Å². The Balaban J connectivity index is 1.71. The highest BCUT2D eigenvalue weighted by atomic mass is 32.2. The Bertz CT molecular complexity index is 1010. The van der Waals surface area contributed by atoms with Crippen LogP contribution in [0.2, 0.25) is 0 Å². The van der Waals surface area contributed by atoms with Gasteiger partial charge in [-0.05, 0) is 25.1 Å². The molecule has 0 aliphatic rings. The Kier molecular flexibility index (Phi) is 5.08. The predicted molar refractivity (Wildman–Crippen MR) is 96.7 cm³/mol. The molecule has 0 atom stereocenters. The first-order valence-corrected chi connectivity index (χ1v) is 8.52. The van der Waals surface area contributed by atoms with E-state index in [4.69, 9.17) is 0 Å². The fourth-order valence-corrected chi connectivity index (χ4v) is 3.01. The Morgan fingerprint density at radius 3 is 2.62 bits per heavy atom. The molecule has 1 amide bonds. The van der Waals surface area contributed by atoms with Gasteiger partial charge < -0.3 is 5.32 Å². The lowest BCUT2D eigenvalue weighted by atomic mass is 10.2. The number of benzene rings is 2. The van der Waals surface area contributed by atoms with Crippen molar-refractivity contribution in [2.45, 2.75) is 11.9 Å². The maximum absolute atomic E-state index is 13.7. The van der Waals surface area contributed by atoms with Gasteiger partial charge in [-0.15, -0.1) is 0 Å². The first-order valence-electron chi connectivity index (χ1n) is 7.54. The molecule has 0 radical (unpaired) electrons. The molecular formula is C17H13FN4O3S. The number of nitrogens with one attached hydrogen (secondary N) is 1. The van der Waals surface area contributed by atoms with Gasteiger partial charge in [0.05, 0.1) is 33.1 Å². The number of nitro benzene ring substituents is 1. The van der Waals surface area contributed by atoms with Crippen LogP contribution in [0.3, 0.4) is 0 Å². The van der Waals surface area contributed by atoms with Crippen molar-refractivity contribution < 1.29 is 14.1 Å². The highest BCUT2D eigenvalue weighted by molar-refractivity contribution is 8.00. The summed E-state index contributed by atoms with van der Waals surface area (Å²) in [7, 11) is 0. The minimum Gasteiger partial charge on any atom is -0.323 e. The first kappa shape index (κ1) is 17.7. The van der Waals surface area contributed by atoms with Gasteiger partial charge in [0.1, 0.15) is 10.8 Å². The van der Waals surface area contributed by atoms with Gasteiger partial charge in [0.2, 0.25) is 5.91 Å². The number of amides is 1. The van der Waals surface area contributed by atoms with Crippen molar-refractivity contribution in [2.24, 2.45) is 0 Å². The number of halogens is 1. The van der Waals surface area contributed by atoms with Crippen LogP contribution in [0.5, 0.6) is 0 Å². The standard InChI is InChI=1S/C17H13FN4O3S/c1-10-17(21-14-5-3-2-4-13(14)19-10)26-9-16(23)20-15-8-11(22(24)25)6-7-12(15)18/h2-8H,9H2,1H3,(H,20,23). The molecule has 0 unspecified atom stereocenters. The van der Waals surface area contributed by atoms with Crippen molar-refractivity contribution in [3.05, 3.63) is 64.1 Å². The summed E-state index contributed by atoms with van der Waals surface area (Å²) in [5.74, 6) is -1.27. The minimum absolute atomic E-state index is 0.0318. The smallest absolute Gasteiger partial charge is 0.271 e. The maximum Gasteiger partial charge on any atom is 0.271 e. The van der Waals surface area contributed by atoms with Crippen LogP contribution in [-0.4, -0.2) is 26.6 Å². The zero-order chi connectivity index (χ0) is 18.7. The molecule has 26 heavy (non-hydrogen) atoms.